The van der Waals surface area contributed by atoms with Crippen molar-refractivity contribution in [2.45, 2.75) is 26.3 Å². The monoisotopic (exact) mass is 362 g/mol. The molecule has 27 heavy (non-hydrogen) atoms. The summed E-state index contributed by atoms with van der Waals surface area (Å²) in [6.45, 7) is 7.35. The van der Waals surface area contributed by atoms with Gasteiger partial charge in [-0.2, -0.15) is 0 Å². The molecule has 0 aromatic heterocycles. The fourth-order valence-corrected chi connectivity index (χ4v) is 3.51. The van der Waals surface area contributed by atoms with Gasteiger partial charge in [0.1, 0.15) is 0 Å². The second-order valence-corrected chi connectivity index (χ2v) is 7.09. The van der Waals surface area contributed by atoms with E-state index in [4.69, 9.17) is 0 Å². The largest absolute Gasteiger partial charge is 0.352 e. The number of hydrogen-bond donors (Lipinski definition) is 1. The third kappa shape index (κ3) is 4.85. The van der Waals surface area contributed by atoms with Crippen LogP contribution >= 0.6 is 0 Å². The molecule has 4 heteroatoms. The zero-order valence-electron chi connectivity index (χ0n) is 15.8. The number of carbonyl (C=O) groups excluding carboxylic acids is 2. The Balaban J connectivity index is 1.56. The first kappa shape index (κ1) is 18.9. The SMILES string of the molecule is C=CC(=O)N1CCC(C(=O)NCc2cccc(-c3cccc(C)c3)c2)CC1. The third-order valence-corrected chi connectivity index (χ3v) is 5.10. The van der Waals surface area contributed by atoms with Gasteiger partial charge in [0.25, 0.3) is 0 Å². The number of piperidine rings is 1. The molecule has 0 aliphatic carbocycles. The number of benzene rings is 2. The van der Waals surface area contributed by atoms with E-state index in [-0.39, 0.29) is 17.7 Å². The van der Waals surface area contributed by atoms with Crippen LogP contribution in [-0.4, -0.2) is 29.8 Å². The van der Waals surface area contributed by atoms with Gasteiger partial charge < -0.3 is 10.2 Å². The number of hydrogen-bond acceptors (Lipinski definition) is 2. The van der Waals surface area contributed by atoms with Crippen LogP contribution in [0.15, 0.2) is 61.2 Å². The lowest BCUT2D eigenvalue weighted by Gasteiger charge is -2.30. The average Bonchev–Trinajstić information content (AvgIpc) is 2.71. The first-order chi connectivity index (χ1) is 13.1. The number of nitrogens with one attached hydrogen (secondary N) is 1. The first-order valence-corrected chi connectivity index (χ1v) is 9.42. The van der Waals surface area contributed by atoms with Crippen molar-refractivity contribution in [3.63, 3.8) is 0 Å². The molecule has 0 atom stereocenters. The lowest BCUT2D eigenvalue weighted by atomic mass is 9.95. The number of rotatable bonds is 5. The van der Waals surface area contributed by atoms with Gasteiger partial charge in [-0.15, -0.1) is 0 Å². The smallest absolute Gasteiger partial charge is 0.245 e. The van der Waals surface area contributed by atoms with E-state index in [1.807, 2.05) is 12.1 Å². The summed E-state index contributed by atoms with van der Waals surface area (Å²) < 4.78 is 0. The minimum Gasteiger partial charge on any atom is -0.352 e. The molecule has 2 amide bonds. The van der Waals surface area contributed by atoms with Crippen LogP contribution in [0.2, 0.25) is 0 Å². The summed E-state index contributed by atoms with van der Waals surface area (Å²) in [5, 5.41) is 3.05. The Bertz CT molecular complexity index is 836. The minimum absolute atomic E-state index is 0.0289. The van der Waals surface area contributed by atoms with E-state index in [0.29, 0.717) is 32.5 Å². The molecule has 0 saturated carbocycles. The molecular formula is C23H26N2O2. The molecule has 1 aliphatic rings. The Kier molecular flexibility index (Phi) is 6.07. The molecule has 1 aliphatic heterocycles. The van der Waals surface area contributed by atoms with E-state index in [9.17, 15) is 9.59 Å². The maximum atomic E-state index is 12.5. The van der Waals surface area contributed by atoms with Gasteiger partial charge in [-0.05, 0) is 48.6 Å². The number of nitrogens with zero attached hydrogens (tertiary/aromatic N) is 1. The molecule has 1 saturated heterocycles. The zero-order chi connectivity index (χ0) is 19.2. The highest BCUT2D eigenvalue weighted by molar-refractivity contribution is 5.87. The zero-order valence-corrected chi connectivity index (χ0v) is 15.8. The molecule has 2 aromatic carbocycles. The highest BCUT2D eigenvalue weighted by atomic mass is 16.2. The summed E-state index contributed by atoms with van der Waals surface area (Å²) in [5.74, 6) is -0.0118. The molecule has 2 aromatic rings. The fourth-order valence-electron chi connectivity index (χ4n) is 3.51. The van der Waals surface area contributed by atoms with Gasteiger partial charge in [0, 0.05) is 25.6 Å². The summed E-state index contributed by atoms with van der Waals surface area (Å²) in [4.78, 5) is 25.9. The maximum Gasteiger partial charge on any atom is 0.245 e. The van der Waals surface area contributed by atoms with Crippen LogP contribution in [0.5, 0.6) is 0 Å². The average molecular weight is 362 g/mol. The molecule has 4 nitrogen and oxygen atoms in total. The van der Waals surface area contributed by atoms with Crippen molar-refractivity contribution in [2.75, 3.05) is 13.1 Å². The summed E-state index contributed by atoms with van der Waals surface area (Å²) >= 11 is 0. The molecular weight excluding hydrogens is 336 g/mol. The summed E-state index contributed by atoms with van der Waals surface area (Å²) in [5.41, 5.74) is 4.65. The molecule has 1 fully saturated rings. The van der Waals surface area contributed by atoms with Crippen LogP contribution in [0.1, 0.15) is 24.0 Å². The lowest BCUT2D eigenvalue weighted by molar-refractivity contribution is -0.132. The van der Waals surface area contributed by atoms with E-state index in [2.05, 4.69) is 55.2 Å². The van der Waals surface area contributed by atoms with Gasteiger partial charge in [-0.1, -0.05) is 54.6 Å². The van der Waals surface area contributed by atoms with E-state index >= 15 is 0 Å². The number of amides is 2. The van der Waals surface area contributed by atoms with Crippen LogP contribution in [0, 0.1) is 12.8 Å². The van der Waals surface area contributed by atoms with Crippen molar-refractivity contribution in [2.24, 2.45) is 5.92 Å². The van der Waals surface area contributed by atoms with Crippen LogP contribution < -0.4 is 5.32 Å². The van der Waals surface area contributed by atoms with Crippen molar-refractivity contribution in [3.05, 3.63) is 72.3 Å². The van der Waals surface area contributed by atoms with E-state index in [0.717, 1.165) is 11.1 Å². The van der Waals surface area contributed by atoms with Crippen LogP contribution in [0.4, 0.5) is 0 Å². The van der Waals surface area contributed by atoms with Gasteiger partial charge in [0.05, 0.1) is 0 Å². The fraction of sp³-hybridized carbons (Fsp3) is 0.304. The molecule has 3 rings (SSSR count). The summed E-state index contributed by atoms with van der Waals surface area (Å²) in [6.07, 6.45) is 2.74. The first-order valence-electron chi connectivity index (χ1n) is 9.42. The maximum absolute atomic E-state index is 12.5. The van der Waals surface area contributed by atoms with Gasteiger partial charge in [-0.3, -0.25) is 9.59 Å². The Hall–Kier alpha value is -2.88. The van der Waals surface area contributed by atoms with Crippen molar-refractivity contribution in [1.29, 1.82) is 0 Å². The van der Waals surface area contributed by atoms with Crippen molar-refractivity contribution in [1.82, 2.24) is 10.2 Å². The topological polar surface area (TPSA) is 49.4 Å². The van der Waals surface area contributed by atoms with Crippen LogP contribution in [0.3, 0.4) is 0 Å². The molecule has 1 N–H and O–H groups in total. The third-order valence-electron chi connectivity index (χ3n) is 5.10. The highest BCUT2D eigenvalue weighted by Crippen LogP contribution is 2.22. The normalized spacial score (nSPS) is 14.6. The van der Waals surface area contributed by atoms with E-state index in [1.54, 1.807) is 4.90 Å². The second-order valence-electron chi connectivity index (χ2n) is 7.09. The molecule has 1 heterocycles. The minimum atomic E-state index is -0.0539. The predicted octanol–water partition coefficient (Wildman–Crippen LogP) is 3.70. The van der Waals surface area contributed by atoms with E-state index < -0.39 is 0 Å². The second kappa shape index (κ2) is 8.67. The number of aryl methyl sites for hydroxylation is 1. The Labute approximate surface area is 160 Å². The Morgan fingerprint density at radius 3 is 2.44 bits per heavy atom. The van der Waals surface area contributed by atoms with Gasteiger partial charge in [0.2, 0.25) is 11.8 Å². The lowest BCUT2D eigenvalue weighted by Crippen LogP contribution is -2.42. The van der Waals surface area contributed by atoms with Crippen molar-refractivity contribution < 1.29 is 9.59 Å². The summed E-state index contributed by atoms with van der Waals surface area (Å²) in [6, 6.07) is 16.7. The molecule has 140 valence electrons. The van der Waals surface area contributed by atoms with Gasteiger partial charge in [-0.25, -0.2) is 0 Å². The Morgan fingerprint density at radius 2 is 1.78 bits per heavy atom. The van der Waals surface area contributed by atoms with Gasteiger partial charge >= 0.3 is 0 Å². The van der Waals surface area contributed by atoms with Crippen LogP contribution in [0.25, 0.3) is 11.1 Å². The quantitative estimate of drug-likeness (QED) is 0.825. The van der Waals surface area contributed by atoms with Crippen LogP contribution in [-0.2, 0) is 16.1 Å². The standard InChI is InChI=1S/C23H26N2O2/c1-3-22(26)25-12-10-19(11-13-25)23(27)24-16-18-7-5-9-21(15-18)20-8-4-6-17(2)14-20/h3-9,14-15,19H,1,10-13,16H2,2H3,(H,24,27). The molecule has 0 spiro atoms. The Morgan fingerprint density at radius 1 is 1.11 bits per heavy atom. The van der Waals surface area contributed by atoms with Crippen molar-refractivity contribution >= 4 is 11.8 Å². The number of carbonyl (C=O) groups is 2. The summed E-state index contributed by atoms with van der Waals surface area (Å²) in [7, 11) is 0. The van der Waals surface area contributed by atoms with E-state index in [1.165, 1.54) is 17.2 Å². The molecule has 0 radical (unpaired) electrons. The molecule has 0 unspecified atom stereocenters. The highest BCUT2D eigenvalue weighted by Gasteiger charge is 2.26. The number of likely N-dealkylation sites (tertiary alicyclic amines) is 1. The van der Waals surface area contributed by atoms with Gasteiger partial charge in [0.15, 0.2) is 0 Å². The predicted molar refractivity (Wildman–Crippen MR) is 108 cm³/mol. The molecule has 0 bridgehead atoms. The van der Waals surface area contributed by atoms with Crippen molar-refractivity contribution in [3.8, 4) is 11.1 Å².